The van der Waals surface area contributed by atoms with Gasteiger partial charge in [0.1, 0.15) is 0 Å². The van der Waals surface area contributed by atoms with Crippen LogP contribution in [0.3, 0.4) is 0 Å². The summed E-state index contributed by atoms with van der Waals surface area (Å²) in [5, 5.41) is 9.35. The molecule has 0 N–H and O–H groups in total. The quantitative estimate of drug-likeness (QED) is 0.693. The van der Waals surface area contributed by atoms with Crippen molar-refractivity contribution in [1.82, 2.24) is 0 Å². The molecular formula is C12H21NO. The van der Waals surface area contributed by atoms with E-state index in [2.05, 4.69) is 19.9 Å². The molecule has 3 unspecified atom stereocenters. The fraction of sp³-hybridized carbons (Fsp3) is 0.917. The Balaban J connectivity index is 2.70. The van der Waals surface area contributed by atoms with Crippen LogP contribution < -0.4 is 0 Å². The Morgan fingerprint density at radius 1 is 1.64 bits per heavy atom. The molecule has 0 aromatic rings. The predicted molar refractivity (Wildman–Crippen MR) is 56.7 cm³/mol. The van der Waals surface area contributed by atoms with E-state index in [4.69, 9.17) is 4.74 Å². The van der Waals surface area contributed by atoms with E-state index in [0.29, 0.717) is 18.4 Å². The first-order valence-corrected chi connectivity index (χ1v) is 5.55. The zero-order valence-electron chi connectivity index (χ0n) is 9.55. The standard InChI is InChI=1S/C12H21NO/c1-10-5-4-6-12(7-10,9-13)11(2)8-14-3/h10-11H,4-8H2,1-3H3. The van der Waals surface area contributed by atoms with E-state index in [1.54, 1.807) is 7.11 Å². The topological polar surface area (TPSA) is 33.0 Å². The maximum Gasteiger partial charge on any atom is 0.0693 e. The van der Waals surface area contributed by atoms with Crippen molar-refractivity contribution in [2.24, 2.45) is 17.3 Å². The van der Waals surface area contributed by atoms with Crippen molar-refractivity contribution in [3.63, 3.8) is 0 Å². The summed E-state index contributed by atoms with van der Waals surface area (Å²) in [6.07, 6.45) is 4.58. The van der Waals surface area contributed by atoms with Gasteiger partial charge in [-0.3, -0.25) is 0 Å². The molecule has 1 aliphatic carbocycles. The highest BCUT2D eigenvalue weighted by molar-refractivity contribution is 5.04. The van der Waals surface area contributed by atoms with Crippen LogP contribution in [0.4, 0.5) is 0 Å². The molecule has 0 bridgehead atoms. The zero-order valence-corrected chi connectivity index (χ0v) is 9.55. The van der Waals surface area contributed by atoms with E-state index >= 15 is 0 Å². The summed E-state index contributed by atoms with van der Waals surface area (Å²) in [4.78, 5) is 0. The number of rotatable bonds is 3. The first kappa shape index (κ1) is 11.5. The zero-order chi connectivity index (χ0) is 10.6. The summed E-state index contributed by atoms with van der Waals surface area (Å²) in [5.41, 5.74) is -0.117. The van der Waals surface area contributed by atoms with Crippen LogP contribution in [0.5, 0.6) is 0 Å². The molecular weight excluding hydrogens is 174 g/mol. The second kappa shape index (κ2) is 4.79. The van der Waals surface area contributed by atoms with E-state index in [0.717, 1.165) is 12.8 Å². The van der Waals surface area contributed by atoms with Crippen LogP contribution in [0.15, 0.2) is 0 Å². The maximum atomic E-state index is 9.35. The molecule has 0 spiro atoms. The molecule has 1 rings (SSSR count). The molecule has 2 heteroatoms. The monoisotopic (exact) mass is 195 g/mol. The van der Waals surface area contributed by atoms with Gasteiger partial charge in [0.05, 0.1) is 18.1 Å². The van der Waals surface area contributed by atoms with E-state index in [1.807, 2.05) is 0 Å². The number of methoxy groups -OCH3 is 1. The van der Waals surface area contributed by atoms with Crippen LogP contribution in [-0.2, 0) is 4.74 Å². The van der Waals surface area contributed by atoms with Gasteiger partial charge in [0, 0.05) is 7.11 Å². The fourth-order valence-corrected chi connectivity index (χ4v) is 2.66. The minimum atomic E-state index is -0.117. The van der Waals surface area contributed by atoms with E-state index < -0.39 is 0 Å². The van der Waals surface area contributed by atoms with Crippen molar-refractivity contribution in [1.29, 1.82) is 5.26 Å². The lowest BCUT2D eigenvalue weighted by atomic mass is 9.65. The third-order valence-corrected chi connectivity index (χ3v) is 3.62. The molecule has 0 aromatic carbocycles. The molecule has 0 radical (unpaired) electrons. The molecule has 80 valence electrons. The molecule has 0 saturated heterocycles. The Kier molecular flexibility index (Phi) is 3.95. The Hall–Kier alpha value is -0.550. The van der Waals surface area contributed by atoms with Crippen molar-refractivity contribution in [3.05, 3.63) is 0 Å². The molecule has 1 saturated carbocycles. The van der Waals surface area contributed by atoms with E-state index in [1.165, 1.54) is 12.8 Å². The number of nitriles is 1. The molecule has 3 atom stereocenters. The molecule has 0 amide bonds. The molecule has 0 aliphatic heterocycles. The molecule has 0 heterocycles. The van der Waals surface area contributed by atoms with Crippen molar-refractivity contribution >= 4 is 0 Å². The molecule has 0 aromatic heterocycles. The fourth-order valence-electron chi connectivity index (χ4n) is 2.66. The van der Waals surface area contributed by atoms with Gasteiger partial charge in [0.2, 0.25) is 0 Å². The van der Waals surface area contributed by atoms with E-state index in [-0.39, 0.29) is 5.41 Å². The summed E-state index contributed by atoms with van der Waals surface area (Å²) >= 11 is 0. The Morgan fingerprint density at radius 3 is 2.86 bits per heavy atom. The Morgan fingerprint density at radius 2 is 2.36 bits per heavy atom. The maximum absolute atomic E-state index is 9.35. The van der Waals surface area contributed by atoms with Crippen LogP contribution in [0.1, 0.15) is 39.5 Å². The number of ether oxygens (including phenoxy) is 1. The van der Waals surface area contributed by atoms with Gasteiger partial charge in [-0.05, 0) is 24.7 Å². The van der Waals surface area contributed by atoms with Crippen LogP contribution in [0.25, 0.3) is 0 Å². The Labute approximate surface area is 87.3 Å². The van der Waals surface area contributed by atoms with Crippen molar-refractivity contribution in [2.45, 2.75) is 39.5 Å². The summed E-state index contributed by atoms with van der Waals surface area (Å²) in [6.45, 7) is 5.11. The lowest BCUT2D eigenvalue weighted by Crippen LogP contribution is -2.35. The van der Waals surface area contributed by atoms with Gasteiger partial charge < -0.3 is 4.74 Å². The minimum Gasteiger partial charge on any atom is -0.384 e. The second-order valence-corrected chi connectivity index (χ2v) is 4.83. The van der Waals surface area contributed by atoms with Crippen LogP contribution in [-0.4, -0.2) is 13.7 Å². The summed E-state index contributed by atoms with van der Waals surface area (Å²) in [5.74, 6) is 1.06. The lowest BCUT2D eigenvalue weighted by Gasteiger charge is -2.38. The average molecular weight is 195 g/mol. The van der Waals surface area contributed by atoms with Crippen LogP contribution in [0.2, 0.25) is 0 Å². The van der Waals surface area contributed by atoms with Gasteiger partial charge >= 0.3 is 0 Å². The third kappa shape index (κ3) is 2.27. The van der Waals surface area contributed by atoms with Crippen molar-refractivity contribution in [2.75, 3.05) is 13.7 Å². The van der Waals surface area contributed by atoms with Gasteiger partial charge in [0.15, 0.2) is 0 Å². The highest BCUT2D eigenvalue weighted by Gasteiger charge is 2.39. The average Bonchev–Trinajstić information content (AvgIpc) is 2.18. The predicted octanol–water partition coefficient (Wildman–Crippen LogP) is 2.99. The van der Waals surface area contributed by atoms with E-state index in [9.17, 15) is 5.26 Å². The molecule has 1 aliphatic rings. The molecule has 2 nitrogen and oxygen atoms in total. The van der Waals surface area contributed by atoms with Crippen LogP contribution in [0, 0.1) is 28.6 Å². The van der Waals surface area contributed by atoms with Gasteiger partial charge in [0.25, 0.3) is 0 Å². The summed E-state index contributed by atoms with van der Waals surface area (Å²) in [7, 11) is 1.72. The Bertz CT molecular complexity index is 221. The van der Waals surface area contributed by atoms with Crippen molar-refractivity contribution in [3.8, 4) is 6.07 Å². The largest absolute Gasteiger partial charge is 0.384 e. The minimum absolute atomic E-state index is 0.117. The first-order chi connectivity index (χ1) is 6.64. The second-order valence-electron chi connectivity index (χ2n) is 4.83. The van der Waals surface area contributed by atoms with Gasteiger partial charge in [-0.25, -0.2) is 0 Å². The number of hydrogen-bond acceptors (Lipinski definition) is 2. The molecule has 1 fully saturated rings. The summed E-state index contributed by atoms with van der Waals surface area (Å²) in [6, 6.07) is 2.55. The van der Waals surface area contributed by atoms with Crippen LogP contribution >= 0.6 is 0 Å². The summed E-state index contributed by atoms with van der Waals surface area (Å²) < 4.78 is 5.17. The third-order valence-electron chi connectivity index (χ3n) is 3.62. The lowest BCUT2D eigenvalue weighted by molar-refractivity contribution is 0.0643. The normalized spacial score (nSPS) is 34.9. The van der Waals surface area contributed by atoms with Gasteiger partial charge in [-0.2, -0.15) is 5.26 Å². The highest BCUT2D eigenvalue weighted by Crippen LogP contribution is 2.44. The van der Waals surface area contributed by atoms with Gasteiger partial charge in [-0.1, -0.05) is 26.7 Å². The van der Waals surface area contributed by atoms with Crippen molar-refractivity contribution < 1.29 is 4.74 Å². The first-order valence-electron chi connectivity index (χ1n) is 5.55. The smallest absolute Gasteiger partial charge is 0.0693 e. The molecule has 14 heavy (non-hydrogen) atoms. The highest BCUT2D eigenvalue weighted by atomic mass is 16.5. The van der Waals surface area contributed by atoms with Gasteiger partial charge in [-0.15, -0.1) is 0 Å². The number of hydrogen-bond donors (Lipinski definition) is 0. The number of nitrogens with zero attached hydrogens (tertiary/aromatic N) is 1. The SMILES string of the molecule is COCC(C)C1(C#N)CCCC(C)C1.